The second-order valence-electron chi connectivity index (χ2n) is 7.22. The highest BCUT2D eigenvalue weighted by molar-refractivity contribution is 9.10. The number of hydrogen-bond donors (Lipinski definition) is 1. The van der Waals surface area contributed by atoms with E-state index in [2.05, 4.69) is 26.3 Å². The summed E-state index contributed by atoms with van der Waals surface area (Å²) in [6.45, 7) is 6.25. The van der Waals surface area contributed by atoms with Crippen LogP contribution in [0.5, 0.6) is 5.75 Å². The fourth-order valence-corrected chi connectivity index (χ4v) is 3.52. The highest BCUT2D eigenvalue weighted by atomic mass is 79.9. The third-order valence-corrected chi connectivity index (χ3v) is 5.16. The minimum atomic E-state index is -0.582. The number of esters is 1. The summed E-state index contributed by atoms with van der Waals surface area (Å²) in [6, 6.07) is 12.4. The van der Waals surface area contributed by atoms with Gasteiger partial charge in [0.25, 0.3) is 5.91 Å². The Morgan fingerprint density at radius 3 is 2.53 bits per heavy atom. The summed E-state index contributed by atoms with van der Waals surface area (Å²) in [5, 5.41) is 7.46. The lowest BCUT2D eigenvalue weighted by atomic mass is 10.1. The Bertz CT molecular complexity index is 1110. The molecule has 0 aliphatic carbocycles. The molecule has 0 saturated heterocycles. The van der Waals surface area contributed by atoms with Crippen molar-refractivity contribution in [1.82, 2.24) is 9.78 Å². The average Bonchev–Trinajstić information content (AvgIpc) is 3.16. The maximum Gasteiger partial charge on any atom is 0.361 e. The number of nitrogens with zero attached hydrogens (tertiary/aromatic N) is 2. The fourth-order valence-electron chi connectivity index (χ4n) is 2.80. The lowest BCUT2D eigenvalue weighted by Gasteiger charge is -2.10. The number of ether oxygens (including phenoxy) is 2. The lowest BCUT2D eigenvalue weighted by Crippen LogP contribution is -2.17. The number of hydrogen-bond acceptors (Lipinski definition) is 5. The molecule has 0 radical (unpaired) electrons. The van der Waals surface area contributed by atoms with E-state index in [1.54, 1.807) is 61.1 Å². The van der Waals surface area contributed by atoms with Crippen molar-refractivity contribution in [2.45, 2.75) is 40.0 Å². The molecule has 1 heterocycles. The van der Waals surface area contributed by atoms with E-state index >= 15 is 0 Å². The third kappa shape index (κ3) is 6.11. The molecule has 32 heavy (non-hydrogen) atoms. The first-order valence-corrected chi connectivity index (χ1v) is 11.2. The number of anilines is 1. The van der Waals surface area contributed by atoms with Crippen LogP contribution in [-0.2, 0) is 17.9 Å². The highest BCUT2D eigenvalue weighted by Crippen LogP contribution is 2.28. The van der Waals surface area contributed by atoms with Gasteiger partial charge in [0.05, 0.1) is 16.8 Å². The van der Waals surface area contributed by atoms with Gasteiger partial charge < -0.3 is 14.8 Å². The summed E-state index contributed by atoms with van der Waals surface area (Å²) in [6.07, 6.45) is 1.32. The summed E-state index contributed by atoms with van der Waals surface area (Å²) < 4.78 is 13.4. The summed E-state index contributed by atoms with van der Waals surface area (Å²) in [4.78, 5) is 25.0. The van der Waals surface area contributed by atoms with Gasteiger partial charge in [-0.3, -0.25) is 9.48 Å². The van der Waals surface area contributed by atoms with Crippen molar-refractivity contribution in [3.05, 3.63) is 75.0 Å². The average molecular weight is 521 g/mol. The minimum Gasteiger partial charge on any atom is -0.487 e. The molecule has 168 valence electrons. The smallest absolute Gasteiger partial charge is 0.361 e. The molecular weight excluding hydrogens is 498 g/mol. The summed E-state index contributed by atoms with van der Waals surface area (Å²) in [5.41, 5.74) is 1.69. The van der Waals surface area contributed by atoms with E-state index in [0.717, 1.165) is 10.0 Å². The predicted molar refractivity (Wildman–Crippen MR) is 126 cm³/mol. The monoisotopic (exact) mass is 519 g/mol. The van der Waals surface area contributed by atoms with E-state index in [1.165, 1.54) is 0 Å². The molecule has 7 nitrogen and oxygen atoms in total. The van der Waals surface area contributed by atoms with Gasteiger partial charge in [-0.25, -0.2) is 4.79 Å². The van der Waals surface area contributed by atoms with Crippen molar-refractivity contribution in [3.63, 3.8) is 0 Å². The van der Waals surface area contributed by atoms with Crippen molar-refractivity contribution in [2.24, 2.45) is 0 Å². The van der Waals surface area contributed by atoms with Gasteiger partial charge in [-0.1, -0.05) is 39.7 Å². The van der Waals surface area contributed by atoms with Crippen LogP contribution in [0.2, 0.25) is 5.02 Å². The molecule has 0 atom stereocenters. The number of carbonyl (C=O) groups excluding carboxylic acids is 2. The molecule has 1 amide bonds. The zero-order valence-corrected chi connectivity index (χ0v) is 20.2. The molecule has 0 spiro atoms. The Kier molecular flexibility index (Phi) is 7.93. The van der Waals surface area contributed by atoms with Crippen LogP contribution < -0.4 is 10.1 Å². The second-order valence-corrected chi connectivity index (χ2v) is 8.54. The van der Waals surface area contributed by atoms with Gasteiger partial charge in [0.15, 0.2) is 5.69 Å². The molecule has 1 aromatic heterocycles. The molecule has 3 rings (SSSR count). The Labute approximate surface area is 199 Å². The van der Waals surface area contributed by atoms with Crippen LogP contribution in [0.15, 0.2) is 53.1 Å². The molecule has 3 aromatic rings. The maximum atomic E-state index is 12.7. The third-order valence-electron chi connectivity index (χ3n) is 4.37. The predicted octanol–water partition coefficient (Wildman–Crippen LogP) is 5.72. The first kappa shape index (κ1) is 23.8. The summed E-state index contributed by atoms with van der Waals surface area (Å²) >= 11 is 9.52. The Balaban J connectivity index is 1.67. The summed E-state index contributed by atoms with van der Waals surface area (Å²) in [5.74, 6) is -0.366. The Morgan fingerprint density at radius 2 is 1.91 bits per heavy atom. The van der Waals surface area contributed by atoms with Gasteiger partial charge in [-0.2, -0.15) is 5.10 Å². The normalized spacial score (nSPS) is 10.8. The van der Waals surface area contributed by atoms with Crippen molar-refractivity contribution >= 4 is 45.1 Å². The number of aryl methyl sites for hydroxylation is 1. The van der Waals surface area contributed by atoms with E-state index in [1.807, 2.05) is 13.0 Å². The first-order chi connectivity index (χ1) is 15.3. The second kappa shape index (κ2) is 10.7. The van der Waals surface area contributed by atoms with Crippen LogP contribution in [0.3, 0.4) is 0 Å². The van der Waals surface area contributed by atoms with E-state index in [-0.39, 0.29) is 17.7 Å². The molecule has 9 heteroatoms. The largest absolute Gasteiger partial charge is 0.487 e. The maximum absolute atomic E-state index is 12.7. The van der Waals surface area contributed by atoms with Gasteiger partial charge in [0.1, 0.15) is 12.4 Å². The van der Waals surface area contributed by atoms with Gasteiger partial charge >= 0.3 is 5.97 Å². The number of amides is 1. The summed E-state index contributed by atoms with van der Waals surface area (Å²) in [7, 11) is 0. The van der Waals surface area contributed by atoms with Crippen LogP contribution in [0.25, 0.3) is 0 Å². The molecular formula is C23H23BrClN3O4. The molecule has 0 bridgehead atoms. The van der Waals surface area contributed by atoms with Gasteiger partial charge in [-0.15, -0.1) is 0 Å². The van der Waals surface area contributed by atoms with Crippen LogP contribution >= 0.6 is 27.5 Å². The first-order valence-electron chi connectivity index (χ1n) is 10.0. The van der Waals surface area contributed by atoms with Gasteiger partial charge in [-0.05, 0) is 56.7 Å². The van der Waals surface area contributed by atoms with Gasteiger partial charge in [0.2, 0.25) is 0 Å². The van der Waals surface area contributed by atoms with E-state index in [4.69, 9.17) is 21.1 Å². The molecule has 2 aromatic carbocycles. The number of aromatic nitrogens is 2. The van der Waals surface area contributed by atoms with Crippen LogP contribution in [-0.4, -0.2) is 27.8 Å². The topological polar surface area (TPSA) is 82.5 Å². The molecule has 0 aliphatic rings. The molecule has 0 saturated carbocycles. The van der Waals surface area contributed by atoms with Crippen LogP contribution in [0, 0.1) is 0 Å². The van der Waals surface area contributed by atoms with Crippen molar-refractivity contribution in [1.29, 1.82) is 0 Å². The zero-order chi connectivity index (χ0) is 23.3. The zero-order valence-electron chi connectivity index (χ0n) is 17.9. The number of halogens is 2. The molecule has 1 N–H and O–H groups in total. The molecule has 0 aliphatic heterocycles. The van der Waals surface area contributed by atoms with Crippen molar-refractivity contribution < 1.29 is 19.1 Å². The standard InChI is InChI=1S/C23H23BrClN3O4/c1-4-28-12-19(21(27-28)23(30)32-14(2)3)26-22(29)16-7-5-15(6-8-16)13-31-20-10-9-17(24)11-18(20)25/h5-12,14H,4,13H2,1-3H3,(H,26,29). The van der Waals surface area contributed by atoms with E-state index < -0.39 is 5.97 Å². The number of rotatable bonds is 8. The number of nitrogens with one attached hydrogen (secondary N) is 1. The lowest BCUT2D eigenvalue weighted by molar-refractivity contribution is 0.0371. The van der Waals surface area contributed by atoms with E-state index in [9.17, 15) is 9.59 Å². The van der Waals surface area contributed by atoms with E-state index in [0.29, 0.717) is 35.2 Å². The number of benzene rings is 2. The molecule has 0 fully saturated rings. The fraction of sp³-hybridized carbons (Fsp3) is 0.261. The highest BCUT2D eigenvalue weighted by Gasteiger charge is 2.21. The Morgan fingerprint density at radius 1 is 1.19 bits per heavy atom. The van der Waals surface area contributed by atoms with Crippen molar-refractivity contribution in [2.75, 3.05) is 5.32 Å². The quantitative estimate of drug-likeness (QED) is 0.384. The Hall–Kier alpha value is -2.84. The van der Waals surface area contributed by atoms with Crippen LogP contribution in [0.1, 0.15) is 47.2 Å². The molecule has 0 unspecified atom stereocenters. The minimum absolute atomic E-state index is 0.0743. The van der Waals surface area contributed by atoms with Gasteiger partial charge in [0, 0.05) is 22.8 Å². The number of carbonyl (C=O) groups is 2. The SMILES string of the molecule is CCn1cc(NC(=O)c2ccc(COc3ccc(Br)cc3Cl)cc2)c(C(=O)OC(C)C)n1. The van der Waals surface area contributed by atoms with Crippen LogP contribution in [0.4, 0.5) is 5.69 Å². The van der Waals surface area contributed by atoms with Crippen molar-refractivity contribution in [3.8, 4) is 5.75 Å².